The Balaban J connectivity index is 1.72. The maximum absolute atomic E-state index is 11.9. The van der Waals surface area contributed by atoms with Crippen molar-refractivity contribution >= 4 is 12.1 Å². The molecule has 1 aliphatic rings. The van der Waals surface area contributed by atoms with Gasteiger partial charge in [0.2, 0.25) is 0 Å². The van der Waals surface area contributed by atoms with E-state index in [1.54, 1.807) is 0 Å². The number of amides is 1. The molecule has 5 heteroatoms. The van der Waals surface area contributed by atoms with Gasteiger partial charge in [0.1, 0.15) is 12.6 Å². The Morgan fingerprint density at radius 1 is 1.08 bits per heavy atom. The van der Waals surface area contributed by atoms with Gasteiger partial charge in [0, 0.05) is 5.92 Å². The van der Waals surface area contributed by atoms with Crippen molar-refractivity contribution in [2.45, 2.75) is 12.0 Å². The Kier molecular flexibility index (Phi) is 4.51. The molecule has 0 aromatic heterocycles. The molecule has 24 heavy (non-hydrogen) atoms. The maximum atomic E-state index is 11.9. The van der Waals surface area contributed by atoms with Gasteiger partial charge in [0.15, 0.2) is 0 Å². The van der Waals surface area contributed by atoms with Crippen molar-refractivity contribution in [1.82, 2.24) is 5.32 Å². The first kappa shape index (κ1) is 16.1. The van der Waals surface area contributed by atoms with Crippen LogP contribution in [0.25, 0.3) is 11.1 Å². The third-order valence-electron chi connectivity index (χ3n) is 4.12. The van der Waals surface area contributed by atoms with E-state index in [1.165, 1.54) is 7.11 Å². The van der Waals surface area contributed by atoms with Crippen LogP contribution in [0.15, 0.2) is 48.5 Å². The summed E-state index contributed by atoms with van der Waals surface area (Å²) >= 11 is 0. The van der Waals surface area contributed by atoms with Gasteiger partial charge in [-0.05, 0) is 29.2 Å². The molecular weight excluding hydrogens is 306 g/mol. The van der Waals surface area contributed by atoms with E-state index in [-0.39, 0.29) is 12.5 Å². The average molecular weight is 324 g/mol. The Bertz CT molecular complexity index is 726. The fourth-order valence-corrected chi connectivity index (χ4v) is 2.98. The van der Waals surface area contributed by atoms with Gasteiger partial charge in [-0.25, -0.2) is 9.59 Å². The SMILES string of the molecule is [CH2][C@H](NC(=O)OCC1c2ccccc2-c2ccccc21)C(=O)OC. The summed E-state index contributed by atoms with van der Waals surface area (Å²) in [5.41, 5.74) is 4.58. The van der Waals surface area contributed by atoms with Crippen molar-refractivity contribution in [3.8, 4) is 11.1 Å². The highest BCUT2D eigenvalue weighted by Crippen LogP contribution is 2.44. The molecule has 0 heterocycles. The van der Waals surface area contributed by atoms with E-state index in [0.29, 0.717) is 0 Å². The van der Waals surface area contributed by atoms with Gasteiger partial charge in [-0.15, -0.1) is 0 Å². The van der Waals surface area contributed by atoms with Crippen LogP contribution < -0.4 is 5.32 Å². The zero-order valence-corrected chi connectivity index (χ0v) is 13.3. The number of hydrogen-bond donors (Lipinski definition) is 1. The molecule has 0 fully saturated rings. The summed E-state index contributed by atoms with van der Waals surface area (Å²) in [7, 11) is 1.24. The van der Waals surface area contributed by atoms with Crippen molar-refractivity contribution in [1.29, 1.82) is 0 Å². The van der Waals surface area contributed by atoms with Crippen molar-refractivity contribution in [2.24, 2.45) is 0 Å². The van der Waals surface area contributed by atoms with Gasteiger partial charge in [-0.3, -0.25) is 0 Å². The lowest BCUT2D eigenvalue weighted by Crippen LogP contribution is -2.40. The molecule has 123 valence electrons. The summed E-state index contributed by atoms with van der Waals surface area (Å²) in [6.07, 6.45) is -0.692. The summed E-state index contributed by atoms with van der Waals surface area (Å²) in [6.45, 7) is 3.70. The predicted molar refractivity (Wildman–Crippen MR) is 89.4 cm³/mol. The summed E-state index contributed by atoms with van der Waals surface area (Å²) < 4.78 is 9.82. The molecule has 0 saturated heterocycles. The van der Waals surface area contributed by atoms with Crippen LogP contribution in [0.1, 0.15) is 17.0 Å². The Morgan fingerprint density at radius 3 is 2.17 bits per heavy atom. The molecule has 0 spiro atoms. The molecular formula is C19H18NO4. The second kappa shape index (κ2) is 6.74. The third-order valence-corrected chi connectivity index (χ3v) is 4.12. The lowest BCUT2D eigenvalue weighted by atomic mass is 9.98. The Morgan fingerprint density at radius 2 is 1.62 bits per heavy atom. The van der Waals surface area contributed by atoms with Crippen LogP contribution in [0.3, 0.4) is 0 Å². The van der Waals surface area contributed by atoms with E-state index in [9.17, 15) is 9.59 Å². The minimum Gasteiger partial charge on any atom is -0.467 e. The lowest BCUT2D eigenvalue weighted by Gasteiger charge is -2.16. The number of ether oxygens (including phenoxy) is 2. The van der Waals surface area contributed by atoms with Crippen LogP contribution >= 0.6 is 0 Å². The topological polar surface area (TPSA) is 64.6 Å². The molecule has 1 amide bonds. The fraction of sp³-hybridized carbons (Fsp3) is 0.211. The molecule has 1 aliphatic carbocycles. The van der Waals surface area contributed by atoms with Crippen LogP contribution in [-0.2, 0) is 14.3 Å². The second-order valence-corrected chi connectivity index (χ2v) is 5.55. The Hall–Kier alpha value is -2.82. The van der Waals surface area contributed by atoms with Gasteiger partial charge >= 0.3 is 12.1 Å². The molecule has 1 atom stereocenters. The highest BCUT2D eigenvalue weighted by molar-refractivity contribution is 5.82. The van der Waals surface area contributed by atoms with Gasteiger partial charge < -0.3 is 14.8 Å². The van der Waals surface area contributed by atoms with Crippen LogP contribution in [0.4, 0.5) is 4.79 Å². The number of hydrogen-bond acceptors (Lipinski definition) is 4. The molecule has 0 aliphatic heterocycles. The number of methoxy groups -OCH3 is 1. The van der Waals surface area contributed by atoms with Crippen molar-refractivity contribution in [2.75, 3.05) is 13.7 Å². The largest absolute Gasteiger partial charge is 0.467 e. The molecule has 1 radical (unpaired) electrons. The van der Waals surface area contributed by atoms with E-state index in [1.807, 2.05) is 36.4 Å². The first-order valence-corrected chi connectivity index (χ1v) is 7.64. The van der Waals surface area contributed by atoms with Crippen molar-refractivity contribution in [3.63, 3.8) is 0 Å². The number of carbonyl (C=O) groups excluding carboxylic acids is 2. The monoisotopic (exact) mass is 324 g/mol. The molecule has 2 aromatic carbocycles. The first-order chi connectivity index (χ1) is 11.6. The normalized spacial score (nSPS) is 13.6. The second-order valence-electron chi connectivity index (χ2n) is 5.55. The van der Waals surface area contributed by atoms with Gasteiger partial charge in [0.05, 0.1) is 7.11 Å². The number of carbonyl (C=O) groups is 2. The smallest absolute Gasteiger partial charge is 0.407 e. The molecule has 0 unspecified atom stereocenters. The summed E-state index contributed by atoms with van der Waals surface area (Å²) in [5.74, 6) is -0.645. The maximum Gasteiger partial charge on any atom is 0.407 e. The third kappa shape index (κ3) is 2.97. The molecule has 1 N–H and O–H groups in total. The first-order valence-electron chi connectivity index (χ1n) is 7.64. The molecule has 3 rings (SSSR count). The van der Waals surface area contributed by atoms with Gasteiger partial charge in [-0.2, -0.15) is 0 Å². The van der Waals surface area contributed by atoms with Crippen molar-refractivity contribution < 1.29 is 19.1 Å². The van der Waals surface area contributed by atoms with Crippen LogP contribution in [-0.4, -0.2) is 31.8 Å². The van der Waals surface area contributed by atoms with E-state index in [0.717, 1.165) is 22.3 Å². The zero-order chi connectivity index (χ0) is 17.1. The van der Waals surface area contributed by atoms with E-state index >= 15 is 0 Å². The van der Waals surface area contributed by atoms with Gasteiger partial charge in [0.25, 0.3) is 0 Å². The summed E-state index contributed by atoms with van der Waals surface area (Å²) in [6, 6.07) is 15.2. The number of esters is 1. The predicted octanol–water partition coefficient (Wildman–Crippen LogP) is 2.90. The molecule has 2 aromatic rings. The summed E-state index contributed by atoms with van der Waals surface area (Å²) in [4.78, 5) is 23.2. The number of nitrogens with one attached hydrogen (secondary N) is 1. The molecule has 0 saturated carbocycles. The van der Waals surface area contributed by atoms with E-state index in [4.69, 9.17) is 4.74 Å². The van der Waals surface area contributed by atoms with Crippen molar-refractivity contribution in [3.05, 3.63) is 66.6 Å². The number of fused-ring (bicyclic) bond motifs is 3. The van der Waals surface area contributed by atoms with E-state index in [2.05, 4.69) is 29.1 Å². The minimum absolute atomic E-state index is 0.0236. The number of rotatable bonds is 4. The van der Waals surface area contributed by atoms with Crippen LogP contribution in [0, 0.1) is 6.92 Å². The van der Waals surface area contributed by atoms with Crippen LogP contribution in [0.2, 0.25) is 0 Å². The highest BCUT2D eigenvalue weighted by Gasteiger charge is 2.29. The quantitative estimate of drug-likeness (QED) is 0.878. The average Bonchev–Trinajstić information content (AvgIpc) is 2.93. The Labute approximate surface area is 140 Å². The number of benzene rings is 2. The van der Waals surface area contributed by atoms with E-state index < -0.39 is 18.1 Å². The standard InChI is InChI=1S/C19H18NO4/c1-12(18(21)23-2)20-19(22)24-11-17-15-9-5-3-7-13(15)14-8-4-6-10-16(14)17/h3-10,12,17H,1,11H2,2H3,(H,20,22)/t12-/m0/s1. The fourth-order valence-electron chi connectivity index (χ4n) is 2.98. The van der Waals surface area contributed by atoms with Crippen LogP contribution in [0.5, 0.6) is 0 Å². The zero-order valence-electron chi connectivity index (χ0n) is 13.3. The lowest BCUT2D eigenvalue weighted by molar-refractivity contribution is -0.141. The minimum atomic E-state index is -0.995. The molecule has 0 bridgehead atoms. The molecule has 5 nitrogen and oxygen atoms in total. The number of alkyl carbamates (subject to hydrolysis) is 1. The highest BCUT2D eigenvalue weighted by atomic mass is 16.6. The summed E-state index contributed by atoms with van der Waals surface area (Å²) in [5, 5.41) is 2.36. The van der Waals surface area contributed by atoms with Gasteiger partial charge in [-0.1, -0.05) is 48.5 Å².